The van der Waals surface area contributed by atoms with E-state index in [0.717, 1.165) is 23.2 Å². The fraction of sp³-hybridized carbons (Fsp3) is 0.500. The van der Waals surface area contributed by atoms with Gasteiger partial charge in [-0.05, 0) is 50.5 Å². The summed E-state index contributed by atoms with van der Waals surface area (Å²) in [5.41, 5.74) is 3.63. The van der Waals surface area contributed by atoms with Crippen LogP contribution in [0.4, 0.5) is 5.69 Å². The third kappa shape index (κ3) is 4.67. The molecule has 2 atom stereocenters. The van der Waals surface area contributed by atoms with Crippen LogP contribution in [0, 0.1) is 5.41 Å². The highest BCUT2D eigenvalue weighted by atomic mass is 16.7. The number of benzene rings is 1. The molecule has 27 heavy (non-hydrogen) atoms. The van der Waals surface area contributed by atoms with Gasteiger partial charge in [0, 0.05) is 18.2 Å². The Kier molecular flexibility index (Phi) is 5.53. The standard InChI is InChI=1S/C20H26N2O5/c1-12(23)25-10-17-21-16-9-14-7-5-6-13(14)8-15(16)18(22-17)26-11-27-19(24)20(2,3)4/h5,7-9,17-18,21-22H,6,10-11H2,1-4H3. The predicted octanol–water partition coefficient (Wildman–Crippen LogP) is 2.72. The van der Waals surface area contributed by atoms with Crippen molar-refractivity contribution in [3.8, 4) is 0 Å². The van der Waals surface area contributed by atoms with Crippen molar-refractivity contribution in [2.45, 2.75) is 46.5 Å². The molecule has 0 saturated carbocycles. The number of ether oxygens (including phenoxy) is 3. The number of fused-ring (bicyclic) bond motifs is 2. The zero-order valence-electron chi connectivity index (χ0n) is 16.1. The lowest BCUT2D eigenvalue weighted by atomic mass is 9.98. The van der Waals surface area contributed by atoms with Crippen molar-refractivity contribution in [2.75, 3.05) is 18.7 Å². The molecule has 7 heteroatoms. The topological polar surface area (TPSA) is 85.9 Å². The Balaban J connectivity index is 1.73. The number of esters is 2. The molecule has 2 N–H and O–H groups in total. The molecule has 146 valence electrons. The molecule has 0 fully saturated rings. The minimum Gasteiger partial charge on any atom is -0.462 e. The highest BCUT2D eigenvalue weighted by Crippen LogP contribution is 2.34. The summed E-state index contributed by atoms with van der Waals surface area (Å²) < 4.78 is 16.2. The summed E-state index contributed by atoms with van der Waals surface area (Å²) in [4.78, 5) is 23.1. The second-order valence-corrected chi connectivity index (χ2v) is 7.76. The van der Waals surface area contributed by atoms with E-state index in [0.29, 0.717) is 0 Å². The first-order chi connectivity index (χ1) is 12.7. The monoisotopic (exact) mass is 374 g/mol. The number of nitrogens with one attached hydrogen (secondary N) is 2. The smallest absolute Gasteiger partial charge is 0.313 e. The number of rotatable bonds is 5. The molecule has 0 amide bonds. The van der Waals surface area contributed by atoms with E-state index in [1.54, 1.807) is 20.8 Å². The first kappa shape index (κ1) is 19.4. The van der Waals surface area contributed by atoms with Crippen molar-refractivity contribution in [1.82, 2.24) is 5.32 Å². The third-order valence-corrected chi connectivity index (χ3v) is 4.40. The number of anilines is 1. The van der Waals surface area contributed by atoms with Crippen LogP contribution in [-0.2, 0) is 30.2 Å². The van der Waals surface area contributed by atoms with Gasteiger partial charge in [0.15, 0.2) is 6.79 Å². The molecule has 0 saturated heterocycles. The molecule has 1 aliphatic carbocycles. The minimum atomic E-state index is -0.590. The van der Waals surface area contributed by atoms with Gasteiger partial charge in [0.1, 0.15) is 19.0 Å². The summed E-state index contributed by atoms with van der Waals surface area (Å²) in [7, 11) is 0. The van der Waals surface area contributed by atoms with Gasteiger partial charge in [-0.25, -0.2) is 0 Å². The van der Waals surface area contributed by atoms with Crippen molar-refractivity contribution in [2.24, 2.45) is 5.41 Å². The Morgan fingerprint density at radius 1 is 1.22 bits per heavy atom. The lowest BCUT2D eigenvalue weighted by Gasteiger charge is -2.34. The second kappa shape index (κ2) is 7.70. The maximum absolute atomic E-state index is 11.9. The maximum Gasteiger partial charge on any atom is 0.313 e. The van der Waals surface area contributed by atoms with Crippen LogP contribution in [-0.4, -0.2) is 31.5 Å². The van der Waals surface area contributed by atoms with Crippen molar-refractivity contribution in [1.29, 1.82) is 0 Å². The number of allylic oxidation sites excluding steroid dienone is 1. The molecule has 1 aliphatic heterocycles. The van der Waals surface area contributed by atoms with Gasteiger partial charge in [-0.3, -0.25) is 14.9 Å². The van der Waals surface area contributed by atoms with Crippen LogP contribution in [0.15, 0.2) is 18.2 Å². The van der Waals surface area contributed by atoms with Crippen molar-refractivity contribution >= 4 is 23.7 Å². The molecule has 1 heterocycles. The summed E-state index contributed by atoms with van der Waals surface area (Å²) in [5.74, 6) is -0.677. The van der Waals surface area contributed by atoms with Crippen LogP contribution in [0.5, 0.6) is 0 Å². The number of hydrogen-bond acceptors (Lipinski definition) is 7. The Hall–Kier alpha value is -2.38. The van der Waals surface area contributed by atoms with Gasteiger partial charge in [0.05, 0.1) is 5.41 Å². The van der Waals surface area contributed by atoms with Gasteiger partial charge in [0.25, 0.3) is 0 Å². The van der Waals surface area contributed by atoms with Gasteiger partial charge in [-0.15, -0.1) is 0 Å². The minimum absolute atomic E-state index is 0.156. The molecule has 1 aromatic rings. The van der Waals surface area contributed by atoms with Crippen molar-refractivity contribution in [3.05, 3.63) is 34.9 Å². The first-order valence-corrected chi connectivity index (χ1v) is 9.02. The average molecular weight is 374 g/mol. The Morgan fingerprint density at radius 3 is 2.70 bits per heavy atom. The highest BCUT2D eigenvalue weighted by Gasteiger charge is 2.29. The fourth-order valence-electron chi connectivity index (χ4n) is 2.97. The molecule has 1 aromatic carbocycles. The Bertz CT molecular complexity index is 766. The highest BCUT2D eigenvalue weighted by molar-refractivity contribution is 5.75. The van der Waals surface area contributed by atoms with Gasteiger partial charge >= 0.3 is 11.9 Å². The predicted molar refractivity (Wildman–Crippen MR) is 101 cm³/mol. The summed E-state index contributed by atoms with van der Waals surface area (Å²) in [6.45, 7) is 6.73. The van der Waals surface area contributed by atoms with Gasteiger partial charge in [-0.1, -0.05) is 12.2 Å². The van der Waals surface area contributed by atoms with E-state index in [4.69, 9.17) is 14.2 Å². The normalized spacial score (nSPS) is 20.4. The molecule has 0 bridgehead atoms. The van der Waals surface area contributed by atoms with Crippen LogP contribution in [0.25, 0.3) is 6.08 Å². The fourth-order valence-corrected chi connectivity index (χ4v) is 2.97. The maximum atomic E-state index is 11.9. The molecule has 2 unspecified atom stereocenters. The van der Waals surface area contributed by atoms with E-state index in [-0.39, 0.29) is 31.5 Å². The summed E-state index contributed by atoms with van der Waals surface area (Å²) in [5, 5.41) is 6.57. The van der Waals surface area contributed by atoms with Crippen molar-refractivity contribution < 1.29 is 23.8 Å². The van der Waals surface area contributed by atoms with E-state index in [1.165, 1.54) is 12.5 Å². The quantitative estimate of drug-likeness (QED) is 0.605. The van der Waals surface area contributed by atoms with E-state index in [2.05, 4.69) is 34.9 Å². The van der Waals surface area contributed by atoms with E-state index in [1.807, 2.05) is 0 Å². The molecule has 0 radical (unpaired) electrons. The van der Waals surface area contributed by atoms with Crippen LogP contribution in [0.3, 0.4) is 0 Å². The van der Waals surface area contributed by atoms with E-state index >= 15 is 0 Å². The Morgan fingerprint density at radius 2 is 2.00 bits per heavy atom. The molecule has 0 aromatic heterocycles. The summed E-state index contributed by atoms with van der Waals surface area (Å²) >= 11 is 0. The van der Waals surface area contributed by atoms with Gasteiger partial charge < -0.3 is 19.5 Å². The van der Waals surface area contributed by atoms with Crippen LogP contribution < -0.4 is 10.6 Å². The number of hydrogen-bond donors (Lipinski definition) is 2. The number of carbonyl (C=O) groups is 2. The molecule has 3 rings (SSSR count). The molecular formula is C20H26N2O5. The zero-order valence-corrected chi connectivity index (χ0v) is 16.1. The van der Waals surface area contributed by atoms with Crippen LogP contribution in [0.2, 0.25) is 0 Å². The van der Waals surface area contributed by atoms with Crippen molar-refractivity contribution in [3.63, 3.8) is 0 Å². The third-order valence-electron chi connectivity index (χ3n) is 4.40. The molecule has 7 nitrogen and oxygen atoms in total. The SMILES string of the molecule is CC(=O)OCC1Nc2cc3c(cc2C(OCOC(=O)C(C)(C)C)N1)CC=C3. The lowest BCUT2D eigenvalue weighted by molar-refractivity contribution is -0.173. The van der Waals surface area contributed by atoms with Gasteiger partial charge in [-0.2, -0.15) is 0 Å². The van der Waals surface area contributed by atoms with Crippen LogP contribution in [0.1, 0.15) is 50.6 Å². The largest absolute Gasteiger partial charge is 0.462 e. The number of carbonyl (C=O) groups excluding carboxylic acids is 2. The van der Waals surface area contributed by atoms with E-state index < -0.39 is 11.6 Å². The van der Waals surface area contributed by atoms with Crippen LogP contribution >= 0.6 is 0 Å². The molecule has 0 spiro atoms. The van der Waals surface area contributed by atoms with E-state index in [9.17, 15) is 9.59 Å². The zero-order chi connectivity index (χ0) is 19.6. The molecule has 2 aliphatic rings. The summed E-state index contributed by atoms with van der Waals surface area (Å²) in [6.07, 6.45) is 4.28. The average Bonchev–Trinajstić information content (AvgIpc) is 3.04. The Labute approximate surface area is 159 Å². The first-order valence-electron chi connectivity index (χ1n) is 9.02. The lowest BCUT2D eigenvalue weighted by Crippen LogP contribution is -2.47. The van der Waals surface area contributed by atoms with Gasteiger partial charge in [0.2, 0.25) is 0 Å². The summed E-state index contributed by atoms with van der Waals surface area (Å²) in [6, 6.07) is 4.15. The second-order valence-electron chi connectivity index (χ2n) is 7.76. The molecular weight excluding hydrogens is 348 g/mol.